The molecule has 0 radical (unpaired) electrons. The zero-order valence-corrected chi connectivity index (χ0v) is 11.6. The van der Waals surface area contributed by atoms with E-state index in [4.69, 9.17) is 5.73 Å². The first-order chi connectivity index (χ1) is 9.20. The molecule has 2 aromatic rings. The van der Waals surface area contributed by atoms with E-state index in [1.54, 1.807) is 11.3 Å². The van der Waals surface area contributed by atoms with Gasteiger partial charge in [0, 0.05) is 18.1 Å². The van der Waals surface area contributed by atoms with Crippen molar-refractivity contribution in [2.24, 2.45) is 10.7 Å². The summed E-state index contributed by atoms with van der Waals surface area (Å²) in [6.07, 6.45) is 1.83. The van der Waals surface area contributed by atoms with Crippen molar-refractivity contribution in [3.05, 3.63) is 52.5 Å². The molecule has 5 heteroatoms. The Hall–Kier alpha value is -1.88. The summed E-state index contributed by atoms with van der Waals surface area (Å²) >= 11 is 1.65. The van der Waals surface area contributed by atoms with Gasteiger partial charge in [0.1, 0.15) is 10.5 Å². The molecule has 1 unspecified atom stereocenters. The van der Waals surface area contributed by atoms with Crippen LogP contribution in [0.25, 0.3) is 0 Å². The average molecular weight is 272 g/mol. The summed E-state index contributed by atoms with van der Waals surface area (Å²) < 4.78 is 0. The molecule has 4 nitrogen and oxygen atoms in total. The van der Waals surface area contributed by atoms with E-state index in [1.165, 1.54) is 5.56 Å². The van der Waals surface area contributed by atoms with Crippen LogP contribution in [0.3, 0.4) is 0 Å². The number of nitrogens with zero attached hydrogens (tertiary/aromatic N) is 3. The molecule has 98 valence electrons. The number of thiazole rings is 1. The second-order valence-electron chi connectivity index (χ2n) is 4.86. The largest absolute Gasteiger partial charge is 0.370 e. The predicted molar refractivity (Wildman–Crippen MR) is 77.9 cm³/mol. The summed E-state index contributed by atoms with van der Waals surface area (Å²) in [7, 11) is 0. The Morgan fingerprint density at radius 1 is 1.37 bits per heavy atom. The molecule has 1 aromatic carbocycles. The van der Waals surface area contributed by atoms with Crippen molar-refractivity contribution in [2.45, 2.75) is 19.0 Å². The maximum absolute atomic E-state index is 6.06. The molecule has 0 fully saturated rings. The van der Waals surface area contributed by atoms with Crippen molar-refractivity contribution in [1.82, 2.24) is 9.88 Å². The van der Waals surface area contributed by atoms with Crippen molar-refractivity contribution in [3.63, 3.8) is 0 Å². The van der Waals surface area contributed by atoms with E-state index in [9.17, 15) is 0 Å². The molecular formula is C14H16N4S. The van der Waals surface area contributed by atoms with Crippen molar-refractivity contribution >= 4 is 17.3 Å². The number of aliphatic imine (C=N–C) groups is 1. The molecule has 2 N–H and O–H groups in total. The molecule has 0 saturated carbocycles. The summed E-state index contributed by atoms with van der Waals surface area (Å²) in [4.78, 5) is 11.0. The van der Waals surface area contributed by atoms with Gasteiger partial charge in [-0.2, -0.15) is 0 Å². The number of hydrogen-bond donors (Lipinski definition) is 1. The van der Waals surface area contributed by atoms with E-state index in [1.807, 2.05) is 29.8 Å². The minimum Gasteiger partial charge on any atom is -0.370 e. The van der Waals surface area contributed by atoms with Gasteiger partial charge in [-0.15, -0.1) is 11.3 Å². The Morgan fingerprint density at radius 2 is 2.16 bits per heavy atom. The van der Waals surface area contributed by atoms with Crippen LogP contribution in [0.1, 0.15) is 17.5 Å². The Balaban J connectivity index is 1.91. The molecule has 1 atom stereocenters. The highest BCUT2D eigenvalue weighted by molar-refractivity contribution is 7.09. The first-order valence-corrected chi connectivity index (χ1v) is 7.09. The lowest BCUT2D eigenvalue weighted by atomic mass is 10.0. The Bertz CT molecular complexity index is 579. The zero-order valence-electron chi connectivity index (χ0n) is 10.8. The normalized spacial score (nSPS) is 22.6. The standard InChI is InChI=1S/C14H16N4S/c1-14(12-16-7-8-19-12)10-17-13(15)18(14)9-11-5-3-2-4-6-11/h2-8H,9-10H2,1H3,(H2,15,17). The summed E-state index contributed by atoms with van der Waals surface area (Å²) in [6.45, 7) is 3.57. The van der Waals surface area contributed by atoms with Crippen LogP contribution in [0.5, 0.6) is 0 Å². The molecule has 1 aliphatic rings. The van der Waals surface area contributed by atoms with Crippen LogP contribution in [0, 0.1) is 0 Å². The number of hydrogen-bond acceptors (Lipinski definition) is 5. The van der Waals surface area contributed by atoms with Crippen molar-refractivity contribution in [1.29, 1.82) is 0 Å². The fraction of sp³-hybridized carbons (Fsp3) is 0.286. The zero-order chi connectivity index (χ0) is 13.3. The number of aromatic nitrogens is 1. The van der Waals surface area contributed by atoms with Crippen LogP contribution in [-0.2, 0) is 12.1 Å². The van der Waals surface area contributed by atoms with Gasteiger partial charge >= 0.3 is 0 Å². The van der Waals surface area contributed by atoms with E-state index in [2.05, 4.69) is 33.9 Å². The summed E-state index contributed by atoms with van der Waals surface area (Å²) in [5.41, 5.74) is 7.06. The van der Waals surface area contributed by atoms with Gasteiger partial charge in [0.05, 0.1) is 6.54 Å². The van der Waals surface area contributed by atoms with Gasteiger partial charge in [-0.3, -0.25) is 4.99 Å². The molecule has 3 rings (SSSR count). The summed E-state index contributed by atoms with van der Waals surface area (Å²) in [5, 5.41) is 3.06. The van der Waals surface area contributed by atoms with Gasteiger partial charge in [-0.25, -0.2) is 4.98 Å². The second kappa shape index (κ2) is 4.66. The van der Waals surface area contributed by atoms with Gasteiger partial charge < -0.3 is 10.6 Å². The highest BCUT2D eigenvalue weighted by Crippen LogP contribution is 2.34. The third-order valence-corrected chi connectivity index (χ3v) is 4.52. The Kier molecular flexibility index (Phi) is 2.98. The molecule has 19 heavy (non-hydrogen) atoms. The Labute approximate surface area is 116 Å². The lowest BCUT2D eigenvalue weighted by molar-refractivity contribution is 0.217. The highest BCUT2D eigenvalue weighted by Gasteiger charge is 2.41. The van der Waals surface area contributed by atoms with Crippen molar-refractivity contribution < 1.29 is 0 Å². The molecule has 0 saturated heterocycles. The summed E-state index contributed by atoms with van der Waals surface area (Å²) in [6, 6.07) is 10.3. The van der Waals surface area contributed by atoms with Crippen molar-refractivity contribution in [2.75, 3.05) is 6.54 Å². The number of nitrogens with two attached hydrogens (primary N) is 1. The lowest BCUT2D eigenvalue weighted by Gasteiger charge is -2.34. The molecular weight excluding hydrogens is 256 g/mol. The fourth-order valence-corrected chi connectivity index (χ4v) is 3.15. The van der Waals surface area contributed by atoms with Gasteiger partial charge in [0.15, 0.2) is 5.96 Å². The third-order valence-electron chi connectivity index (χ3n) is 3.50. The maximum atomic E-state index is 6.06. The molecule has 0 amide bonds. The minimum absolute atomic E-state index is 0.228. The third kappa shape index (κ3) is 2.10. The molecule has 0 aliphatic carbocycles. The topological polar surface area (TPSA) is 54.5 Å². The van der Waals surface area contributed by atoms with Crippen LogP contribution < -0.4 is 5.73 Å². The van der Waals surface area contributed by atoms with Gasteiger partial charge in [0.2, 0.25) is 0 Å². The number of rotatable bonds is 3. The smallest absolute Gasteiger partial charge is 0.192 e. The summed E-state index contributed by atoms with van der Waals surface area (Å²) in [5.74, 6) is 0.599. The molecule has 0 bridgehead atoms. The van der Waals surface area contributed by atoms with E-state index >= 15 is 0 Å². The van der Waals surface area contributed by atoms with Gasteiger partial charge in [-0.1, -0.05) is 30.3 Å². The maximum Gasteiger partial charge on any atom is 0.192 e. The lowest BCUT2D eigenvalue weighted by Crippen LogP contribution is -2.46. The number of benzene rings is 1. The monoisotopic (exact) mass is 272 g/mol. The van der Waals surface area contributed by atoms with Crippen LogP contribution in [0.15, 0.2) is 46.9 Å². The van der Waals surface area contributed by atoms with E-state index in [0.29, 0.717) is 12.5 Å². The van der Waals surface area contributed by atoms with Crippen LogP contribution in [-0.4, -0.2) is 22.4 Å². The predicted octanol–water partition coefficient (Wildman–Crippen LogP) is 2.19. The molecule has 1 aliphatic heterocycles. The van der Waals surface area contributed by atoms with E-state index in [0.717, 1.165) is 11.6 Å². The SMILES string of the molecule is CC1(c2nccs2)CN=C(N)N1Cc1ccccc1. The van der Waals surface area contributed by atoms with E-state index in [-0.39, 0.29) is 5.54 Å². The van der Waals surface area contributed by atoms with Gasteiger partial charge in [-0.05, 0) is 12.5 Å². The molecule has 1 aromatic heterocycles. The first kappa shape index (κ1) is 12.2. The minimum atomic E-state index is -0.228. The van der Waals surface area contributed by atoms with Crippen molar-refractivity contribution in [3.8, 4) is 0 Å². The van der Waals surface area contributed by atoms with Crippen LogP contribution >= 0.6 is 11.3 Å². The second-order valence-corrected chi connectivity index (χ2v) is 5.75. The molecule has 0 spiro atoms. The highest BCUT2D eigenvalue weighted by atomic mass is 32.1. The fourth-order valence-electron chi connectivity index (χ4n) is 2.35. The van der Waals surface area contributed by atoms with Crippen LogP contribution in [0.2, 0.25) is 0 Å². The number of guanidine groups is 1. The van der Waals surface area contributed by atoms with E-state index < -0.39 is 0 Å². The van der Waals surface area contributed by atoms with Gasteiger partial charge in [0.25, 0.3) is 0 Å². The average Bonchev–Trinajstić information content (AvgIpc) is 3.05. The molecule has 2 heterocycles. The van der Waals surface area contributed by atoms with Crippen LogP contribution in [0.4, 0.5) is 0 Å². The quantitative estimate of drug-likeness (QED) is 0.932. The Morgan fingerprint density at radius 3 is 2.84 bits per heavy atom. The first-order valence-electron chi connectivity index (χ1n) is 6.21.